The monoisotopic (exact) mass is 566 g/mol. The quantitative estimate of drug-likeness (QED) is 0.360. The molecular formula is C18H28AuClN2P2. The van der Waals surface area contributed by atoms with Gasteiger partial charge in [0.25, 0.3) is 0 Å². The molecule has 2 unspecified atom stereocenters. The van der Waals surface area contributed by atoms with Gasteiger partial charge >= 0.3 is 29.2 Å². The van der Waals surface area contributed by atoms with E-state index in [9.17, 15) is 0 Å². The summed E-state index contributed by atoms with van der Waals surface area (Å²) in [5.41, 5.74) is 4.56. The van der Waals surface area contributed by atoms with Crippen molar-refractivity contribution in [3.63, 3.8) is 0 Å². The van der Waals surface area contributed by atoms with Crippen molar-refractivity contribution in [1.29, 1.82) is 0 Å². The van der Waals surface area contributed by atoms with Crippen LogP contribution in [0.2, 0.25) is 0 Å². The van der Waals surface area contributed by atoms with Crippen LogP contribution in [0.25, 0.3) is 11.0 Å². The molecule has 138 valence electrons. The van der Waals surface area contributed by atoms with Crippen LogP contribution >= 0.6 is 25.0 Å². The van der Waals surface area contributed by atoms with Crippen molar-refractivity contribution in [2.45, 2.75) is 51.9 Å². The van der Waals surface area contributed by atoms with E-state index in [0.29, 0.717) is 0 Å². The first-order valence-corrected chi connectivity index (χ1v) is 14.1. The SMILES string of the molecule is CP(c1nc2ccccc2nc1P(C)C(C)(C)C)C(C)(C)C.[Cl][Au]. The Morgan fingerprint density at radius 1 is 0.750 bits per heavy atom. The molecule has 2 rings (SSSR count). The summed E-state index contributed by atoms with van der Waals surface area (Å²) in [5.74, 6) is 0. The van der Waals surface area contributed by atoms with Gasteiger partial charge in [-0.05, 0) is 35.8 Å². The fourth-order valence-corrected chi connectivity index (χ4v) is 5.45. The van der Waals surface area contributed by atoms with Crippen LogP contribution < -0.4 is 10.9 Å². The molecule has 0 aliphatic carbocycles. The second-order valence-corrected chi connectivity index (χ2v) is 13.6. The third-order valence-corrected chi connectivity index (χ3v) is 10.3. The Hall–Kier alpha value is 0.450. The van der Waals surface area contributed by atoms with E-state index < -0.39 is 0 Å². The van der Waals surface area contributed by atoms with Crippen molar-refractivity contribution in [2.24, 2.45) is 0 Å². The van der Waals surface area contributed by atoms with Crippen LogP contribution in [0.4, 0.5) is 0 Å². The van der Waals surface area contributed by atoms with Crippen LogP contribution in [0.1, 0.15) is 41.5 Å². The fraction of sp³-hybridized carbons (Fsp3) is 0.556. The molecule has 24 heavy (non-hydrogen) atoms. The Kier molecular flexibility index (Phi) is 8.34. The minimum atomic E-state index is -0.348. The number of fused-ring (bicyclic) bond motifs is 1. The van der Waals surface area contributed by atoms with Gasteiger partial charge in [0, 0.05) is 0 Å². The van der Waals surface area contributed by atoms with E-state index in [2.05, 4.69) is 76.2 Å². The maximum atomic E-state index is 5.06. The topological polar surface area (TPSA) is 25.8 Å². The van der Waals surface area contributed by atoms with Gasteiger partial charge in [0.15, 0.2) is 0 Å². The summed E-state index contributed by atoms with van der Waals surface area (Å²) >= 11 is 1.75. The summed E-state index contributed by atoms with van der Waals surface area (Å²) in [4.78, 5) is 10.1. The predicted molar refractivity (Wildman–Crippen MR) is 110 cm³/mol. The number of rotatable bonds is 2. The molecule has 0 radical (unpaired) electrons. The molecule has 0 fully saturated rings. The molecular weight excluding hydrogens is 539 g/mol. The zero-order valence-corrected chi connectivity index (χ0v) is 20.5. The van der Waals surface area contributed by atoms with E-state index in [1.165, 1.54) is 10.9 Å². The average molecular weight is 567 g/mol. The third-order valence-electron chi connectivity index (χ3n) is 4.18. The molecule has 0 amide bonds. The van der Waals surface area contributed by atoms with Crippen LogP contribution in [0.3, 0.4) is 0 Å². The molecule has 0 spiro atoms. The van der Waals surface area contributed by atoms with E-state index in [1.54, 1.807) is 20.0 Å². The van der Waals surface area contributed by atoms with E-state index in [0.717, 1.165) is 11.0 Å². The molecule has 1 aromatic heterocycles. The molecule has 2 aromatic rings. The van der Waals surface area contributed by atoms with Crippen LogP contribution in [0.5, 0.6) is 0 Å². The Morgan fingerprint density at radius 2 is 1.04 bits per heavy atom. The number of benzene rings is 1. The molecule has 0 saturated carbocycles. The molecule has 2 nitrogen and oxygen atoms in total. The molecule has 0 N–H and O–H groups in total. The minimum absolute atomic E-state index is 0.245. The van der Waals surface area contributed by atoms with Gasteiger partial charge in [-0.15, -0.1) is 0 Å². The second-order valence-electron chi connectivity index (χ2n) is 7.82. The number of halogens is 1. The summed E-state index contributed by atoms with van der Waals surface area (Å²) in [6.45, 7) is 18.6. The molecule has 0 saturated heterocycles. The second kappa shape index (κ2) is 8.90. The van der Waals surface area contributed by atoms with Gasteiger partial charge in [0.05, 0.1) is 21.9 Å². The van der Waals surface area contributed by atoms with Crippen LogP contribution in [0.15, 0.2) is 24.3 Å². The van der Waals surface area contributed by atoms with Crippen molar-refractivity contribution in [1.82, 2.24) is 9.97 Å². The van der Waals surface area contributed by atoms with Crippen molar-refractivity contribution < 1.29 is 20.0 Å². The van der Waals surface area contributed by atoms with Gasteiger partial charge in [0.1, 0.15) is 0 Å². The van der Waals surface area contributed by atoms with E-state index in [1.807, 2.05) is 12.1 Å². The van der Waals surface area contributed by atoms with Gasteiger partial charge in [-0.1, -0.05) is 69.5 Å². The van der Waals surface area contributed by atoms with Crippen molar-refractivity contribution in [3.05, 3.63) is 24.3 Å². The van der Waals surface area contributed by atoms with E-state index >= 15 is 0 Å². The third kappa shape index (κ3) is 5.47. The zero-order valence-electron chi connectivity index (χ0n) is 15.8. The van der Waals surface area contributed by atoms with E-state index in [-0.39, 0.29) is 26.2 Å². The number of hydrogen-bond donors (Lipinski definition) is 0. The maximum absolute atomic E-state index is 5.06. The van der Waals surface area contributed by atoms with Gasteiger partial charge < -0.3 is 0 Å². The fourth-order valence-electron chi connectivity index (χ4n) is 2.07. The Bertz CT molecular complexity index is 622. The van der Waals surface area contributed by atoms with Gasteiger partial charge in [0.2, 0.25) is 0 Å². The first-order chi connectivity index (χ1) is 11.0. The molecule has 0 aliphatic heterocycles. The van der Waals surface area contributed by atoms with Gasteiger partial charge in [-0.2, -0.15) is 0 Å². The van der Waals surface area contributed by atoms with Crippen LogP contribution in [-0.4, -0.2) is 33.6 Å². The first kappa shape index (κ1) is 22.5. The average Bonchev–Trinajstić information content (AvgIpc) is 2.52. The summed E-state index contributed by atoms with van der Waals surface area (Å²) in [6.07, 6.45) is 0. The number of hydrogen-bond acceptors (Lipinski definition) is 2. The molecule has 1 heterocycles. The standard InChI is InChI=1S/C18H28N2P2.Au.ClH/c1-17(2,3)21(7)15-16(22(8)18(4,5)6)20-14-12-10-9-11-13(14)19-15;;/h9-12H,1-8H3;;1H/q;+1;/p-1. The molecule has 1 aromatic carbocycles. The summed E-state index contributed by atoms with van der Waals surface area (Å²) in [6, 6.07) is 8.26. The molecule has 2 atom stereocenters. The number of nitrogens with zero attached hydrogens (tertiary/aromatic N) is 2. The van der Waals surface area contributed by atoms with E-state index in [4.69, 9.17) is 9.97 Å². The Labute approximate surface area is 165 Å². The first-order valence-electron chi connectivity index (χ1n) is 7.87. The number of aromatic nitrogens is 2. The molecule has 0 aliphatic rings. The summed E-state index contributed by atoms with van der Waals surface area (Å²) in [5, 5.41) is 0.491. The zero-order chi connectivity index (χ0) is 18.7. The van der Waals surface area contributed by atoms with Gasteiger partial charge in [-0.25, -0.2) is 9.97 Å². The van der Waals surface area contributed by atoms with Crippen molar-refractivity contribution in [2.75, 3.05) is 13.3 Å². The van der Waals surface area contributed by atoms with Crippen molar-refractivity contribution >= 4 is 46.9 Å². The summed E-state index contributed by atoms with van der Waals surface area (Å²) in [7, 11) is 3.89. The van der Waals surface area contributed by atoms with Crippen LogP contribution in [0, 0.1) is 0 Å². The Balaban J connectivity index is 0.00000139. The number of para-hydroxylation sites is 2. The Morgan fingerprint density at radius 3 is 1.29 bits per heavy atom. The normalized spacial score (nSPS) is 14.8. The predicted octanol–water partition coefficient (Wildman–Crippen LogP) is 5.39. The van der Waals surface area contributed by atoms with Crippen molar-refractivity contribution in [3.8, 4) is 0 Å². The summed E-state index contributed by atoms with van der Waals surface area (Å²) < 4.78 is 0. The van der Waals surface area contributed by atoms with Crippen LogP contribution in [-0.2, 0) is 20.0 Å². The van der Waals surface area contributed by atoms with Gasteiger partial charge in [-0.3, -0.25) is 0 Å². The molecule has 0 bridgehead atoms. The molecule has 6 heteroatoms.